The van der Waals surface area contributed by atoms with E-state index in [0.29, 0.717) is 11.3 Å². The number of hydrogen-bond donors (Lipinski definition) is 1. The number of phenolic OH excluding ortho intramolecular Hbond substituents is 1. The quantitative estimate of drug-likeness (QED) is 0.861. The topological polar surface area (TPSA) is 51.0 Å². The summed E-state index contributed by atoms with van der Waals surface area (Å²) in [5.41, 5.74) is 1.34. The van der Waals surface area contributed by atoms with Gasteiger partial charge in [0.25, 0.3) is 0 Å². The Hall–Kier alpha value is -2.01. The second kappa shape index (κ2) is 6.43. The van der Waals surface area contributed by atoms with Gasteiger partial charge in [0.15, 0.2) is 11.5 Å². The Morgan fingerprint density at radius 3 is 2.40 bits per heavy atom. The molecule has 0 spiro atoms. The normalized spacial score (nSPS) is 10.8. The number of phenols is 1. The van der Waals surface area contributed by atoms with Crippen LogP contribution in [-0.2, 0) is 0 Å². The number of halogens is 1. The van der Waals surface area contributed by atoms with Gasteiger partial charge in [0, 0.05) is 16.3 Å². The van der Waals surface area contributed by atoms with E-state index in [1.54, 1.807) is 25.5 Å². The first kappa shape index (κ1) is 14.4. The van der Waals surface area contributed by atoms with E-state index < -0.39 is 0 Å². The summed E-state index contributed by atoms with van der Waals surface area (Å²) in [6.45, 7) is 0. The van der Waals surface area contributed by atoms with Crippen molar-refractivity contribution in [2.75, 3.05) is 14.2 Å². The van der Waals surface area contributed by atoms with Crippen molar-refractivity contribution >= 4 is 27.8 Å². The molecular formula is C15H14BrNO3. The summed E-state index contributed by atoms with van der Waals surface area (Å²) < 4.78 is 11.0. The molecule has 0 aliphatic heterocycles. The largest absolute Gasteiger partial charge is 0.504 e. The third-order valence-corrected chi connectivity index (χ3v) is 3.17. The van der Waals surface area contributed by atoms with Crippen LogP contribution in [0.25, 0.3) is 0 Å². The van der Waals surface area contributed by atoms with Crippen LogP contribution in [0.1, 0.15) is 5.56 Å². The minimum atomic E-state index is 0.0629. The predicted molar refractivity (Wildman–Crippen MR) is 82.6 cm³/mol. The van der Waals surface area contributed by atoms with Crippen LogP contribution in [0, 0.1) is 0 Å². The van der Waals surface area contributed by atoms with Gasteiger partial charge in [-0.2, -0.15) is 0 Å². The van der Waals surface area contributed by atoms with Gasteiger partial charge >= 0.3 is 0 Å². The lowest BCUT2D eigenvalue weighted by Gasteiger charge is -2.06. The highest BCUT2D eigenvalue weighted by Crippen LogP contribution is 2.32. The van der Waals surface area contributed by atoms with Crippen molar-refractivity contribution in [2.45, 2.75) is 0 Å². The molecular weight excluding hydrogens is 322 g/mol. The molecule has 1 N–H and O–H groups in total. The van der Waals surface area contributed by atoms with Crippen molar-refractivity contribution in [3.8, 4) is 17.2 Å². The average molecular weight is 336 g/mol. The molecule has 2 aromatic rings. The fourth-order valence-corrected chi connectivity index (χ4v) is 2.12. The zero-order valence-electron chi connectivity index (χ0n) is 11.1. The van der Waals surface area contributed by atoms with Gasteiger partial charge < -0.3 is 14.6 Å². The Labute approximate surface area is 125 Å². The van der Waals surface area contributed by atoms with Crippen LogP contribution in [0.5, 0.6) is 17.2 Å². The molecule has 0 saturated heterocycles. The average Bonchev–Trinajstić information content (AvgIpc) is 2.48. The number of ether oxygens (including phenoxy) is 2. The van der Waals surface area contributed by atoms with E-state index in [1.165, 1.54) is 7.11 Å². The highest BCUT2D eigenvalue weighted by Gasteiger charge is 2.07. The smallest absolute Gasteiger partial charge is 0.166 e. The number of nitrogens with zero attached hydrogens (tertiary/aromatic N) is 1. The lowest BCUT2D eigenvalue weighted by atomic mass is 10.2. The minimum Gasteiger partial charge on any atom is -0.504 e. The number of methoxy groups -OCH3 is 2. The van der Waals surface area contributed by atoms with Crippen LogP contribution in [0.3, 0.4) is 0 Å². The van der Waals surface area contributed by atoms with Crippen molar-refractivity contribution in [1.29, 1.82) is 0 Å². The summed E-state index contributed by atoms with van der Waals surface area (Å²) in [4.78, 5) is 4.31. The number of rotatable bonds is 4. The van der Waals surface area contributed by atoms with E-state index in [0.717, 1.165) is 15.9 Å². The van der Waals surface area contributed by atoms with Crippen LogP contribution >= 0.6 is 15.9 Å². The minimum absolute atomic E-state index is 0.0629. The molecule has 0 aliphatic carbocycles. The zero-order chi connectivity index (χ0) is 14.5. The molecule has 0 heterocycles. The molecule has 0 unspecified atom stereocenters. The molecule has 2 rings (SSSR count). The van der Waals surface area contributed by atoms with Crippen LogP contribution in [0.15, 0.2) is 45.9 Å². The van der Waals surface area contributed by atoms with Crippen molar-refractivity contribution in [2.24, 2.45) is 4.99 Å². The van der Waals surface area contributed by atoms with E-state index in [2.05, 4.69) is 20.9 Å². The second-order valence-corrected chi connectivity index (χ2v) is 4.92. The summed E-state index contributed by atoms with van der Waals surface area (Å²) in [6, 6.07) is 10.8. The third-order valence-electron chi connectivity index (χ3n) is 2.71. The van der Waals surface area contributed by atoms with Gasteiger partial charge in [0.2, 0.25) is 0 Å². The van der Waals surface area contributed by atoms with Crippen molar-refractivity contribution in [1.82, 2.24) is 0 Å². The molecule has 20 heavy (non-hydrogen) atoms. The van der Waals surface area contributed by atoms with Crippen molar-refractivity contribution in [3.63, 3.8) is 0 Å². The summed E-state index contributed by atoms with van der Waals surface area (Å²) in [6.07, 6.45) is 1.59. The number of benzene rings is 2. The van der Waals surface area contributed by atoms with Crippen LogP contribution in [-0.4, -0.2) is 25.5 Å². The monoisotopic (exact) mass is 335 g/mol. The lowest BCUT2D eigenvalue weighted by Crippen LogP contribution is -1.89. The summed E-state index contributed by atoms with van der Waals surface area (Å²) in [7, 11) is 3.12. The molecule has 0 atom stereocenters. The first-order valence-electron chi connectivity index (χ1n) is 5.88. The first-order chi connectivity index (χ1) is 9.63. The maximum absolute atomic E-state index is 10.0. The summed E-state index contributed by atoms with van der Waals surface area (Å²) in [5, 5.41) is 10.0. The van der Waals surface area contributed by atoms with E-state index in [-0.39, 0.29) is 5.75 Å². The molecule has 0 bridgehead atoms. The Morgan fingerprint density at radius 1 is 1.10 bits per heavy atom. The number of aliphatic imine (C=N–C) groups is 1. The lowest BCUT2D eigenvalue weighted by molar-refractivity contribution is 0.373. The Balaban J connectivity index is 2.28. The molecule has 0 amide bonds. The van der Waals surface area contributed by atoms with Gasteiger partial charge in [0.1, 0.15) is 5.75 Å². The van der Waals surface area contributed by atoms with E-state index in [4.69, 9.17) is 9.47 Å². The SMILES string of the molecule is COc1ccc(N=Cc2cc(Br)cc(OC)c2O)cc1. The van der Waals surface area contributed by atoms with Gasteiger partial charge in [-0.25, -0.2) is 0 Å². The van der Waals surface area contributed by atoms with Crippen LogP contribution in [0.4, 0.5) is 5.69 Å². The van der Waals surface area contributed by atoms with E-state index in [1.807, 2.05) is 24.3 Å². The fraction of sp³-hybridized carbons (Fsp3) is 0.133. The fourth-order valence-electron chi connectivity index (χ4n) is 1.66. The van der Waals surface area contributed by atoms with Crippen LogP contribution < -0.4 is 9.47 Å². The molecule has 0 fully saturated rings. The predicted octanol–water partition coefficient (Wildman–Crippen LogP) is 3.92. The molecule has 0 aromatic heterocycles. The Morgan fingerprint density at radius 2 is 1.80 bits per heavy atom. The number of aromatic hydroxyl groups is 1. The maximum atomic E-state index is 10.0. The molecule has 0 radical (unpaired) electrons. The third kappa shape index (κ3) is 3.30. The van der Waals surface area contributed by atoms with E-state index >= 15 is 0 Å². The second-order valence-electron chi connectivity index (χ2n) is 4.00. The summed E-state index contributed by atoms with van der Waals surface area (Å²) >= 11 is 3.36. The summed E-state index contributed by atoms with van der Waals surface area (Å²) in [5.74, 6) is 1.24. The highest BCUT2D eigenvalue weighted by molar-refractivity contribution is 9.10. The van der Waals surface area contributed by atoms with Gasteiger partial charge in [-0.15, -0.1) is 0 Å². The highest BCUT2D eigenvalue weighted by atomic mass is 79.9. The van der Waals surface area contributed by atoms with Gasteiger partial charge in [-0.1, -0.05) is 15.9 Å². The van der Waals surface area contributed by atoms with Crippen molar-refractivity contribution < 1.29 is 14.6 Å². The van der Waals surface area contributed by atoms with Crippen molar-refractivity contribution in [3.05, 3.63) is 46.4 Å². The molecule has 0 aliphatic rings. The molecule has 4 nitrogen and oxygen atoms in total. The molecule has 2 aromatic carbocycles. The molecule has 104 valence electrons. The van der Waals surface area contributed by atoms with E-state index in [9.17, 15) is 5.11 Å². The zero-order valence-corrected chi connectivity index (χ0v) is 12.7. The van der Waals surface area contributed by atoms with Gasteiger partial charge in [-0.05, 0) is 36.4 Å². The Kier molecular flexibility index (Phi) is 4.63. The van der Waals surface area contributed by atoms with Gasteiger partial charge in [0.05, 0.1) is 19.9 Å². The maximum Gasteiger partial charge on any atom is 0.166 e. The van der Waals surface area contributed by atoms with Crippen LogP contribution in [0.2, 0.25) is 0 Å². The molecule has 5 heteroatoms. The first-order valence-corrected chi connectivity index (χ1v) is 6.68. The van der Waals surface area contributed by atoms with Gasteiger partial charge in [-0.3, -0.25) is 4.99 Å². The standard InChI is InChI=1S/C15H14BrNO3/c1-19-13-5-3-12(4-6-13)17-9-10-7-11(16)8-14(20-2)15(10)18/h3-9,18H,1-2H3. The Bertz CT molecular complexity index is 624. The molecule has 0 saturated carbocycles. The number of hydrogen-bond acceptors (Lipinski definition) is 4.